The van der Waals surface area contributed by atoms with Crippen LogP contribution in [0.15, 0.2) is 24.3 Å². The summed E-state index contributed by atoms with van der Waals surface area (Å²) in [7, 11) is 0. The Morgan fingerprint density at radius 1 is 1.14 bits per heavy atom. The van der Waals surface area contributed by atoms with E-state index in [1.807, 2.05) is 24.3 Å². The number of ketones is 1. The summed E-state index contributed by atoms with van der Waals surface area (Å²) < 4.78 is 0. The van der Waals surface area contributed by atoms with Crippen molar-refractivity contribution in [2.45, 2.75) is 31.1 Å². The highest BCUT2D eigenvalue weighted by atomic mass is 16.2. The van der Waals surface area contributed by atoms with Crippen molar-refractivity contribution in [1.29, 1.82) is 0 Å². The van der Waals surface area contributed by atoms with Gasteiger partial charge in [-0.3, -0.25) is 19.7 Å². The molecular weight excluding hydrogens is 266 g/mol. The van der Waals surface area contributed by atoms with E-state index in [0.717, 1.165) is 16.7 Å². The minimum Gasteiger partial charge on any atom is -0.298 e. The lowest BCUT2D eigenvalue weighted by Gasteiger charge is -2.26. The van der Waals surface area contributed by atoms with Crippen LogP contribution in [0.25, 0.3) is 6.08 Å². The monoisotopic (exact) mass is 281 g/mol. The first-order chi connectivity index (χ1) is 10.2. The predicted octanol–water partition coefficient (Wildman–Crippen LogP) is 1.91. The number of carbonyl (C=O) groups excluding carboxylic acids is 3. The van der Waals surface area contributed by atoms with Crippen LogP contribution in [0.5, 0.6) is 0 Å². The zero-order chi connectivity index (χ0) is 14.6. The highest BCUT2D eigenvalue weighted by molar-refractivity contribution is 6.06. The molecule has 1 saturated heterocycles. The quantitative estimate of drug-likeness (QED) is 0.800. The molecule has 0 aromatic heterocycles. The molecule has 1 aliphatic heterocycles. The van der Waals surface area contributed by atoms with Crippen LogP contribution in [0.4, 0.5) is 0 Å². The number of imide groups is 1. The number of piperidine rings is 1. The molecule has 4 heteroatoms. The number of hydrogen-bond donors (Lipinski definition) is 1. The molecular formula is C17H15NO3. The average Bonchev–Trinajstić information content (AvgIpc) is 2.75. The van der Waals surface area contributed by atoms with Gasteiger partial charge in [0.25, 0.3) is 0 Å². The van der Waals surface area contributed by atoms with Gasteiger partial charge in [0.2, 0.25) is 11.8 Å². The molecule has 2 amide bonds. The van der Waals surface area contributed by atoms with Gasteiger partial charge in [-0.15, -0.1) is 0 Å². The van der Waals surface area contributed by atoms with Gasteiger partial charge in [-0.05, 0) is 29.5 Å². The summed E-state index contributed by atoms with van der Waals surface area (Å²) >= 11 is 0. The van der Waals surface area contributed by atoms with Gasteiger partial charge < -0.3 is 0 Å². The van der Waals surface area contributed by atoms with Crippen molar-refractivity contribution < 1.29 is 14.4 Å². The number of amides is 2. The molecule has 4 rings (SSSR count). The Hall–Kier alpha value is -2.23. The normalized spacial score (nSPS) is 30.3. The van der Waals surface area contributed by atoms with Crippen LogP contribution in [0.2, 0.25) is 0 Å². The second-order valence-corrected chi connectivity index (χ2v) is 5.98. The molecule has 0 bridgehead atoms. The van der Waals surface area contributed by atoms with Crippen LogP contribution >= 0.6 is 0 Å². The van der Waals surface area contributed by atoms with Gasteiger partial charge in [0, 0.05) is 12.3 Å². The number of benzene rings is 1. The van der Waals surface area contributed by atoms with Gasteiger partial charge in [0.05, 0.1) is 11.8 Å². The second kappa shape index (κ2) is 4.38. The first-order valence-electron chi connectivity index (χ1n) is 7.33. The van der Waals surface area contributed by atoms with Crippen molar-refractivity contribution in [1.82, 2.24) is 5.32 Å². The fraction of sp³-hybridized carbons (Fsp3) is 0.353. The fourth-order valence-electron chi connectivity index (χ4n) is 3.94. The van der Waals surface area contributed by atoms with Crippen molar-refractivity contribution in [3.63, 3.8) is 0 Å². The van der Waals surface area contributed by atoms with Crippen LogP contribution in [0, 0.1) is 5.92 Å². The third-order valence-corrected chi connectivity index (χ3v) is 4.86. The van der Waals surface area contributed by atoms with Gasteiger partial charge in [0.1, 0.15) is 5.78 Å². The maximum absolute atomic E-state index is 12.8. The van der Waals surface area contributed by atoms with Crippen LogP contribution < -0.4 is 5.32 Å². The molecule has 0 radical (unpaired) electrons. The van der Waals surface area contributed by atoms with Gasteiger partial charge in [0.15, 0.2) is 0 Å². The molecule has 21 heavy (non-hydrogen) atoms. The maximum Gasteiger partial charge on any atom is 0.230 e. The third-order valence-electron chi connectivity index (χ3n) is 4.86. The molecule has 106 valence electrons. The Kier molecular flexibility index (Phi) is 2.61. The Labute approximate surface area is 122 Å². The molecule has 0 saturated carbocycles. The lowest BCUT2D eigenvalue weighted by Crippen LogP contribution is -2.44. The minimum absolute atomic E-state index is 0.114. The van der Waals surface area contributed by atoms with E-state index in [4.69, 9.17) is 0 Å². The molecule has 1 aromatic carbocycles. The van der Waals surface area contributed by atoms with E-state index in [1.165, 1.54) is 0 Å². The summed E-state index contributed by atoms with van der Waals surface area (Å²) in [5, 5.41) is 2.37. The van der Waals surface area contributed by atoms with Gasteiger partial charge >= 0.3 is 0 Å². The van der Waals surface area contributed by atoms with E-state index in [2.05, 4.69) is 11.4 Å². The van der Waals surface area contributed by atoms with E-state index in [-0.39, 0.29) is 23.5 Å². The Bertz CT molecular complexity index is 704. The fourth-order valence-corrected chi connectivity index (χ4v) is 3.94. The molecule has 4 nitrogen and oxygen atoms in total. The highest BCUT2D eigenvalue weighted by Crippen LogP contribution is 2.49. The minimum atomic E-state index is -0.410. The van der Waals surface area contributed by atoms with Gasteiger partial charge in [-0.2, -0.15) is 0 Å². The third kappa shape index (κ3) is 1.71. The van der Waals surface area contributed by atoms with Crippen molar-refractivity contribution in [3.8, 4) is 0 Å². The smallest absolute Gasteiger partial charge is 0.230 e. The van der Waals surface area contributed by atoms with E-state index < -0.39 is 11.8 Å². The number of Topliss-reactive ketones (excluding diaryl/α,β-unsaturated/α-hetero) is 1. The number of hydrogen-bond acceptors (Lipinski definition) is 3. The van der Waals surface area contributed by atoms with Crippen LogP contribution in [-0.2, 0) is 14.4 Å². The maximum atomic E-state index is 12.8. The molecule has 0 spiro atoms. The Balaban J connectivity index is 1.79. The number of carbonyl (C=O) groups is 3. The lowest BCUT2D eigenvalue weighted by atomic mass is 9.80. The summed E-state index contributed by atoms with van der Waals surface area (Å²) in [6, 6.07) is 5.92. The zero-order valence-electron chi connectivity index (χ0n) is 11.5. The molecule has 1 N–H and O–H groups in total. The SMILES string of the molecule is O=C1CCC(C2C(=O)C3CC=Cc4cccc2c43)C(=O)N1. The molecule has 3 atom stereocenters. The van der Waals surface area contributed by atoms with Crippen LogP contribution in [0.1, 0.15) is 47.8 Å². The first-order valence-corrected chi connectivity index (χ1v) is 7.33. The van der Waals surface area contributed by atoms with Crippen molar-refractivity contribution in [3.05, 3.63) is 41.0 Å². The largest absolute Gasteiger partial charge is 0.298 e. The van der Waals surface area contributed by atoms with E-state index in [9.17, 15) is 14.4 Å². The van der Waals surface area contributed by atoms with E-state index >= 15 is 0 Å². The topological polar surface area (TPSA) is 63.2 Å². The van der Waals surface area contributed by atoms with E-state index in [0.29, 0.717) is 19.3 Å². The number of allylic oxidation sites excluding steroid dienone is 1. The van der Waals surface area contributed by atoms with Crippen molar-refractivity contribution in [2.24, 2.45) is 5.92 Å². The summed E-state index contributed by atoms with van der Waals surface area (Å²) in [6.07, 6.45) is 5.58. The molecule has 1 fully saturated rings. The molecule has 3 aliphatic rings. The van der Waals surface area contributed by atoms with Crippen LogP contribution in [-0.4, -0.2) is 17.6 Å². The molecule has 2 aliphatic carbocycles. The summed E-state index contributed by atoms with van der Waals surface area (Å²) in [6.45, 7) is 0. The Morgan fingerprint density at radius 3 is 2.81 bits per heavy atom. The Morgan fingerprint density at radius 2 is 2.00 bits per heavy atom. The summed E-state index contributed by atoms with van der Waals surface area (Å²) in [5.74, 6) is -1.31. The average molecular weight is 281 g/mol. The van der Waals surface area contributed by atoms with Crippen molar-refractivity contribution in [2.75, 3.05) is 0 Å². The molecule has 3 unspecified atom stereocenters. The standard InChI is InChI=1S/C17H15NO3/c19-13-8-7-12(17(21)18-13)15-10-5-1-3-9-4-2-6-11(14(9)10)16(15)20/h1-5,11-12,15H,6-8H2,(H,18,19,21). The van der Waals surface area contributed by atoms with Gasteiger partial charge in [-0.1, -0.05) is 30.4 Å². The summed E-state index contributed by atoms with van der Waals surface area (Å²) in [5.41, 5.74) is 3.17. The summed E-state index contributed by atoms with van der Waals surface area (Å²) in [4.78, 5) is 36.3. The number of rotatable bonds is 1. The lowest BCUT2D eigenvalue weighted by molar-refractivity contribution is -0.139. The molecule has 1 aromatic rings. The zero-order valence-corrected chi connectivity index (χ0v) is 11.5. The highest BCUT2D eigenvalue weighted by Gasteiger charge is 2.47. The van der Waals surface area contributed by atoms with E-state index in [1.54, 1.807) is 0 Å². The molecule has 1 heterocycles. The first kappa shape index (κ1) is 12.5. The second-order valence-electron chi connectivity index (χ2n) is 5.98. The van der Waals surface area contributed by atoms with Gasteiger partial charge in [-0.25, -0.2) is 0 Å². The van der Waals surface area contributed by atoms with Crippen LogP contribution in [0.3, 0.4) is 0 Å². The predicted molar refractivity (Wildman–Crippen MR) is 76.5 cm³/mol. The number of nitrogens with one attached hydrogen (secondary N) is 1. The van der Waals surface area contributed by atoms with Crippen molar-refractivity contribution >= 4 is 23.7 Å².